The van der Waals surface area contributed by atoms with E-state index in [-0.39, 0.29) is 6.10 Å². The largest absolute Gasteiger partial charge is 0.485 e. The average Bonchev–Trinajstić information content (AvgIpc) is 2.61. The van der Waals surface area contributed by atoms with E-state index in [2.05, 4.69) is 30.8 Å². The Morgan fingerprint density at radius 1 is 1.04 bits per heavy atom. The van der Waals surface area contributed by atoms with Crippen molar-refractivity contribution in [3.8, 4) is 0 Å². The Bertz CT molecular complexity index is 896. The van der Waals surface area contributed by atoms with Crippen molar-refractivity contribution >= 4 is 22.7 Å². The second-order valence-electron chi connectivity index (χ2n) is 5.66. The van der Waals surface area contributed by atoms with E-state index < -0.39 is 0 Å². The van der Waals surface area contributed by atoms with E-state index >= 15 is 0 Å². The lowest BCUT2D eigenvalue weighted by molar-refractivity contribution is 0.169. The Morgan fingerprint density at radius 3 is 2.65 bits per heavy atom. The molecule has 0 spiro atoms. The molecule has 0 saturated carbocycles. The van der Waals surface area contributed by atoms with Gasteiger partial charge in [0.05, 0.1) is 11.2 Å². The summed E-state index contributed by atoms with van der Waals surface area (Å²) in [5, 5.41) is 1.14. The van der Waals surface area contributed by atoms with Gasteiger partial charge in [-0.25, -0.2) is 4.98 Å². The van der Waals surface area contributed by atoms with Gasteiger partial charge >= 0.3 is 0 Å². The number of pyridine rings is 1. The smallest absolute Gasteiger partial charge is 0.129 e. The van der Waals surface area contributed by atoms with Gasteiger partial charge in [-0.05, 0) is 12.1 Å². The van der Waals surface area contributed by atoms with Gasteiger partial charge in [0.1, 0.15) is 11.9 Å². The lowest BCUT2D eigenvalue weighted by Gasteiger charge is -2.26. The van der Waals surface area contributed by atoms with Crippen LogP contribution in [0.25, 0.3) is 22.7 Å². The van der Waals surface area contributed by atoms with Crippen LogP contribution in [-0.2, 0) is 4.74 Å². The third-order valence-corrected chi connectivity index (χ3v) is 4.11. The lowest BCUT2D eigenvalue weighted by atomic mass is 9.98. The fraction of sp³-hybridized carbons (Fsp3) is 0.0952. The Kier molecular flexibility index (Phi) is 3.43. The zero-order valence-corrected chi connectivity index (χ0v) is 12.8. The first-order valence-corrected chi connectivity index (χ1v) is 7.79. The number of rotatable bonds is 3. The molecular weight excluding hydrogens is 282 g/mol. The number of hydrogen-bond donors (Lipinski definition) is 0. The molecule has 2 heteroatoms. The molecular formula is C21H17NO. The maximum atomic E-state index is 6.24. The fourth-order valence-electron chi connectivity index (χ4n) is 2.98. The Hall–Kier alpha value is -2.87. The van der Waals surface area contributed by atoms with Crippen LogP contribution in [0.3, 0.4) is 0 Å². The summed E-state index contributed by atoms with van der Waals surface area (Å²) < 4.78 is 6.24. The summed E-state index contributed by atoms with van der Waals surface area (Å²) >= 11 is 0. The van der Waals surface area contributed by atoms with Crippen LogP contribution in [0.15, 0.2) is 73.3 Å². The molecule has 4 rings (SSSR count). The molecule has 1 unspecified atom stereocenters. The van der Waals surface area contributed by atoms with Crippen molar-refractivity contribution in [2.24, 2.45) is 0 Å². The van der Waals surface area contributed by atoms with Gasteiger partial charge in [-0.15, -0.1) is 6.58 Å². The minimum atomic E-state index is -0.0418. The van der Waals surface area contributed by atoms with E-state index in [1.54, 1.807) is 0 Å². The van der Waals surface area contributed by atoms with E-state index in [4.69, 9.17) is 9.72 Å². The quantitative estimate of drug-likeness (QED) is 0.606. The minimum absolute atomic E-state index is 0.0418. The van der Waals surface area contributed by atoms with E-state index in [9.17, 15) is 0 Å². The van der Waals surface area contributed by atoms with Crippen LogP contribution in [-0.4, -0.2) is 4.98 Å². The van der Waals surface area contributed by atoms with E-state index in [1.165, 1.54) is 0 Å². The molecule has 2 aromatic carbocycles. The molecule has 1 atom stereocenters. The van der Waals surface area contributed by atoms with Crippen LogP contribution in [0, 0.1) is 0 Å². The summed E-state index contributed by atoms with van der Waals surface area (Å²) in [5.74, 6) is 0.868. The van der Waals surface area contributed by atoms with Gasteiger partial charge in [0.25, 0.3) is 0 Å². The third kappa shape index (κ3) is 2.53. The fourth-order valence-corrected chi connectivity index (χ4v) is 2.98. The number of ether oxygens (including phenoxy) is 1. The Labute approximate surface area is 135 Å². The molecule has 0 amide bonds. The molecule has 0 radical (unpaired) electrons. The Morgan fingerprint density at radius 2 is 1.83 bits per heavy atom. The highest BCUT2D eigenvalue weighted by molar-refractivity contribution is 5.85. The summed E-state index contributed by atoms with van der Waals surface area (Å²) in [6.45, 7) is 3.87. The summed E-state index contributed by atoms with van der Waals surface area (Å²) in [6, 6.07) is 20.5. The molecule has 0 fully saturated rings. The highest BCUT2D eigenvalue weighted by Crippen LogP contribution is 2.38. The number of fused-ring (bicyclic) bond motifs is 2. The first kappa shape index (κ1) is 13.8. The standard InChI is InChI=1S/C21H17NO/c1-2-8-20-17-13-16-11-6-7-12-18(16)22-19(17)14-21(23-20)15-9-4-3-5-10-15/h2-7,9-14,20H,1,8H2. The summed E-state index contributed by atoms with van der Waals surface area (Å²) in [6.07, 6.45) is 4.66. The maximum absolute atomic E-state index is 6.24. The molecule has 23 heavy (non-hydrogen) atoms. The molecule has 2 nitrogen and oxygen atoms in total. The predicted octanol–water partition coefficient (Wildman–Crippen LogP) is 5.38. The van der Waals surface area contributed by atoms with Crippen LogP contribution in [0.2, 0.25) is 0 Å². The van der Waals surface area contributed by atoms with Crippen molar-refractivity contribution in [1.82, 2.24) is 4.98 Å². The van der Waals surface area contributed by atoms with Crippen LogP contribution in [0.5, 0.6) is 0 Å². The molecule has 1 aliphatic heterocycles. The lowest BCUT2D eigenvalue weighted by Crippen LogP contribution is -2.11. The first-order valence-electron chi connectivity index (χ1n) is 7.79. The number of nitrogens with zero attached hydrogens (tertiary/aromatic N) is 1. The summed E-state index contributed by atoms with van der Waals surface area (Å²) in [4.78, 5) is 4.83. The number of benzene rings is 2. The van der Waals surface area contributed by atoms with Crippen molar-refractivity contribution in [3.63, 3.8) is 0 Å². The second-order valence-corrected chi connectivity index (χ2v) is 5.66. The van der Waals surface area contributed by atoms with Gasteiger partial charge in [-0.2, -0.15) is 0 Å². The SMILES string of the molecule is C=CCC1OC(c2ccccc2)=Cc2nc3ccccc3cc21. The molecule has 0 N–H and O–H groups in total. The molecule has 1 aliphatic rings. The van der Waals surface area contributed by atoms with Gasteiger partial charge in [-0.1, -0.05) is 54.6 Å². The van der Waals surface area contributed by atoms with Gasteiger partial charge in [-0.3, -0.25) is 0 Å². The molecule has 0 saturated heterocycles. The van der Waals surface area contributed by atoms with Gasteiger partial charge in [0.2, 0.25) is 0 Å². The monoisotopic (exact) mass is 299 g/mol. The number of aromatic nitrogens is 1. The van der Waals surface area contributed by atoms with E-state index in [0.717, 1.165) is 39.9 Å². The zero-order chi connectivity index (χ0) is 15.6. The minimum Gasteiger partial charge on any atom is -0.485 e. The third-order valence-electron chi connectivity index (χ3n) is 4.11. The topological polar surface area (TPSA) is 22.1 Å². The van der Waals surface area contributed by atoms with Gasteiger partial charge in [0.15, 0.2) is 0 Å². The van der Waals surface area contributed by atoms with E-state index in [1.807, 2.05) is 48.6 Å². The number of para-hydroxylation sites is 1. The molecule has 1 aromatic heterocycles. The van der Waals surface area contributed by atoms with Gasteiger partial charge in [0, 0.05) is 29.0 Å². The molecule has 112 valence electrons. The van der Waals surface area contributed by atoms with Crippen LogP contribution in [0.4, 0.5) is 0 Å². The average molecular weight is 299 g/mol. The van der Waals surface area contributed by atoms with Gasteiger partial charge < -0.3 is 4.74 Å². The van der Waals surface area contributed by atoms with Crippen LogP contribution in [0.1, 0.15) is 29.3 Å². The summed E-state index contributed by atoms with van der Waals surface area (Å²) in [5.41, 5.74) is 4.19. The van der Waals surface area contributed by atoms with Crippen molar-refractivity contribution in [2.45, 2.75) is 12.5 Å². The van der Waals surface area contributed by atoms with E-state index in [0.29, 0.717) is 0 Å². The van der Waals surface area contributed by atoms with Crippen molar-refractivity contribution in [2.75, 3.05) is 0 Å². The summed E-state index contributed by atoms with van der Waals surface area (Å²) in [7, 11) is 0. The molecule has 0 bridgehead atoms. The zero-order valence-electron chi connectivity index (χ0n) is 12.8. The highest BCUT2D eigenvalue weighted by atomic mass is 16.5. The molecule has 0 aliphatic carbocycles. The van der Waals surface area contributed by atoms with Crippen molar-refractivity contribution in [1.29, 1.82) is 0 Å². The first-order chi connectivity index (χ1) is 11.3. The van der Waals surface area contributed by atoms with Crippen molar-refractivity contribution < 1.29 is 4.74 Å². The highest BCUT2D eigenvalue weighted by Gasteiger charge is 2.23. The molecule has 3 aromatic rings. The molecule has 2 heterocycles. The Balaban J connectivity index is 1.89. The van der Waals surface area contributed by atoms with Crippen LogP contribution >= 0.6 is 0 Å². The number of hydrogen-bond acceptors (Lipinski definition) is 2. The predicted molar refractivity (Wildman–Crippen MR) is 94.7 cm³/mol. The normalized spacial score (nSPS) is 16.3. The maximum Gasteiger partial charge on any atom is 0.129 e. The second kappa shape index (κ2) is 5.73. The van der Waals surface area contributed by atoms with Crippen LogP contribution < -0.4 is 0 Å². The van der Waals surface area contributed by atoms with Crippen molar-refractivity contribution in [3.05, 3.63) is 90.1 Å².